The first-order chi connectivity index (χ1) is 7.08. The summed E-state index contributed by atoms with van der Waals surface area (Å²) in [6.45, 7) is 4.18. The minimum Gasteiger partial charge on any atom is -0.354 e. The van der Waals surface area contributed by atoms with Crippen molar-refractivity contribution in [2.45, 2.75) is 63.2 Å². The summed E-state index contributed by atoms with van der Waals surface area (Å²) in [5.74, 6) is 0.890. The number of carbonyl (C=O) groups is 1. The number of amides is 1. The van der Waals surface area contributed by atoms with Crippen LogP contribution >= 0.6 is 15.9 Å². The van der Waals surface area contributed by atoms with Crippen LogP contribution in [0.2, 0.25) is 0 Å². The Hall–Kier alpha value is -0.0500. The molecule has 3 heteroatoms. The van der Waals surface area contributed by atoms with Gasteiger partial charge in [0, 0.05) is 17.3 Å². The predicted octanol–water partition coefficient (Wildman–Crippen LogP) is 3.24. The smallest absolute Gasteiger partial charge is 0.220 e. The lowest BCUT2D eigenvalue weighted by Gasteiger charge is -2.16. The van der Waals surface area contributed by atoms with E-state index in [0.717, 1.165) is 12.8 Å². The van der Waals surface area contributed by atoms with Crippen molar-refractivity contribution in [2.24, 2.45) is 5.92 Å². The summed E-state index contributed by atoms with van der Waals surface area (Å²) >= 11 is 3.50. The van der Waals surface area contributed by atoms with E-state index < -0.39 is 0 Å². The summed E-state index contributed by atoms with van der Waals surface area (Å²) in [7, 11) is 0. The molecule has 1 aliphatic rings. The SMILES string of the molecule is CC(Br)CC(C)NC(=O)CC1CCCC1. The average Bonchev–Trinajstić information content (AvgIpc) is 2.53. The minimum absolute atomic E-state index is 0.238. The summed E-state index contributed by atoms with van der Waals surface area (Å²) < 4.78 is 0. The second-order valence-corrected chi connectivity index (χ2v) is 6.40. The van der Waals surface area contributed by atoms with E-state index in [2.05, 4.69) is 35.1 Å². The molecule has 0 heterocycles. The van der Waals surface area contributed by atoms with Gasteiger partial charge in [0.15, 0.2) is 0 Å². The molecule has 0 spiro atoms. The molecule has 0 aliphatic heterocycles. The van der Waals surface area contributed by atoms with Gasteiger partial charge < -0.3 is 5.32 Å². The highest BCUT2D eigenvalue weighted by Crippen LogP contribution is 2.27. The Morgan fingerprint density at radius 2 is 2.00 bits per heavy atom. The van der Waals surface area contributed by atoms with Gasteiger partial charge in [-0.2, -0.15) is 0 Å². The fourth-order valence-electron chi connectivity index (χ4n) is 2.36. The molecule has 0 radical (unpaired) electrons. The van der Waals surface area contributed by atoms with Gasteiger partial charge in [0.2, 0.25) is 5.91 Å². The highest BCUT2D eigenvalue weighted by atomic mass is 79.9. The fourth-order valence-corrected chi connectivity index (χ4v) is 2.92. The molecule has 2 atom stereocenters. The van der Waals surface area contributed by atoms with E-state index in [0.29, 0.717) is 10.7 Å². The molecule has 0 aromatic heterocycles. The van der Waals surface area contributed by atoms with Gasteiger partial charge in [-0.3, -0.25) is 4.79 Å². The molecule has 2 unspecified atom stereocenters. The second kappa shape index (κ2) is 6.51. The first kappa shape index (κ1) is 13.0. The van der Waals surface area contributed by atoms with Gasteiger partial charge in [-0.1, -0.05) is 35.7 Å². The van der Waals surface area contributed by atoms with Crippen LogP contribution in [0.1, 0.15) is 52.4 Å². The van der Waals surface area contributed by atoms with E-state index >= 15 is 0 Å². The third-order valence-corrected chi connectivity index (χ3v) is 3.41. The molecule has 0 bridgehead atoms. The van der Waals surface area contributed by atoms with Crippen LogP contribution in [0.4, 0.5) is 0 Å². The summed E-state index contributed by atoms with van der Waals surface area (Å²) in [6, 6.07) is 0.285. The van der Waals surface area contributed by atoms with Crippen LogP contribution in [0.15, 0.2) is 0 Å². The van der Waals surface area contributed by atoms with Crippen LogP contribution in [-0.2, 0) is 4.79 Å². The Morgan fingerprint density at radius 3 is 2.53 bits per heavy atom. The second-order valence-electron chi connectivity index (χ2n) is 4.84. The van der Waals surface area contributed by atoms with Crippen molar-refractivity contribution in [3.8, 4) is 0 Å². The van der Waals surface area contributed by atoms with Crippen molar-refractivity contribution < 1.29 is 4.79 Å². The number of alkyl halides is 1. The molecule has 1 rings (SSSR count). The maximum Gasteiger partial charge on any atom is 0.220 e. The third-order valence-electron chi connectivity index (χ3n) is 3.03. The lowest BCUT2D eigenvalue weighted by atomic mass is 10.0. The lowest BCUT2D eigenvalue weighted by molar-refractivity contribution is -0.122. The predicted molar refractivity (Wildman–Crippen MR) is 67.2 cm³/mol. The molecule has 88 valence electrons. The molecule has 0 aromatic rings. The normalized spacial score (nSPS) is 21.3. The van der Waals surface area contributed by atoms with E-state index in [1.54, 1.807) is 0 Å². The van der Waals surface area contributed by atoms with Crippen molar-refractivity contribution in [2.75, 3.05) is 0 Å². The van der Waals surface area contributed by atoms with E-state index in [4.69, 9.17) is 0 Å². The van der Waals surface area contributed by atoms with Crippen LogP contribution < -0.4 is 5.32 Å². The maximum atomic E-state index is 11.7. The van der Waals surface area contributed by atoms with Crippen molar-refractivity contribution in [3.05, 3.63) is 0 Å². The zero-order valence-corrected chi connectivity index (χ0v) is 11.3. The van der Waals surface area contributed by atoms with Gasteiger partial charge in [0.1, 0.15) is 0 Å². The van der Waals surface area contributed by atoms with E-state index in [9.17, 15) is 4.79 Å². The largest absolute Gasteiger partial charge is 0.354 e. The molecular formula is C12H22BrNO. The molecule has 0 saturated heterocycles. The summed E-state index contributed by atoms with van der Waals surface area (Å²) in [4.78, 5) is 12.1. The van der Waals surface area contributed by atoms with Gasteiger partial charge in [-0.25, -0.2) is 0 Å². The zero-order chi connectivity index (χ0) is 11.3. The van der Waals surface area contributed by atoms with Crippen LogP contribution in [-0.4, -0.2) is 16.8 Å². The summed E-state index contributed by atoms with van der Waals surface area (Å²) in [5.41, 5.74) is 0. The Bertz CT molecular complexity index is 200. The van der Waals surface area contributed by atoms with Crippen LogP contribution in [0.3, 0.4) is 0 Å². The Labute approximate surface area is 101 Å². The molecular weight excluding hydrogens is 254 g/mol. The number of hydrogen-bond acceptors (Lipinski definition) is 1. The average molecular weight is 276 g/mol. The molecule has 0 aromatic carbocycles. The quantitative estimate of drug-likeness (QED) is 0.767. The monoisotopic (exact) mass is 275 g/mol. The van der Waals surface area contributed by atoms with Gasteiger partial charge in [0.25, 0.3) is 0 Å². The van der Waals surface area contributed by atoms with Crippen molar-refractivity contribution in [1.82, 2.24) is 5.32 Å². The molecule has 2 nitrogen and oxygen atoms in total. The van der Waals surface area contributed by atoms with E-state index in [1.807, 2.05) is 0 Å². The molecule has 1 fully saturated rings. The third kappa shape index (κ3) is 5.55. The zero-order valence-electron chi connectivity index (χ0n) is 9.76. The van der Waals surface area contributed by atoms with Gasteiger partial charge in [0.05, 0.1) is 0 Å². The first-order valence-corrected chi connectivity index (χ1v) is 6.93. The van der Waals surface area contributed by atoms with Crippen molar-refractivity contribution in [3.63, 3.8) is 0 Å². The van der Waals surface area contributed by atoms with Crippen LogP contribution in [0, 0.1) is 5.92 Å². The highest BCUT2D eigenvalue weighted by Gasteiger charge is 2.19. The molecule has 1 amide bonds. The number of carbonyl (C=O) groups excluding carboxylic acids is 1. The van der Waals surface area contributed by atoms with Crippen LogP contribution in [0.5, 0.6) is 0 Å². The Morgan fingerprint density at radius 1 is 1.40 bits per heavy atom. The number of hydrogen-bond donors (Lipinski definition) is 1. The minimum atomic E-state index is 0.238. The van der Waals surface area contributed by atoms with Crippen molar-refractivity contribution in [1.29, 1.82) is 0 Å². The fraction of sp³-hybridized carbons (Fsp3) is 0.917. The Kier molecular flexibility index (Phi) is 5.65. The number of nitrogens with one attached hydrogen (secondary N) is 1. The standard InChI is InChI=1S/C12H22BrNO/c1-9(13)7-10(2)14-12(15)8-11-5-3-4-6-11/h9-11H,3-8H2,1-2H3,(H,14,15). The lowest BCUT2D eigenvalue weighted by Crippen LogP contribution is -2.34. The molecule has 1 aliphatic carbocycles. The van der Waals surface area contributed by atoms with Gasteiger partial charge in [-0.15, -0.1) is 0 Å². The molecule has 1 N–H and O–H groups in total. The van der Waals surface area contributed by atoms with Gasteiger partial charge >= 0.3 is 0 Å². The summed E-state index contributed by atoms with van der Waals surface area (Å²) in [5, 5.41) is 3.07. The Balaban J connectivity index is 2.16. The summed E-state index contributed by atoms with van der Waals surface area (Å²) in [6.07, 6.45) is 6.85. The number of rotatable bonds is 5. The topological polar surface area (TPSA) is 29.1 Å². The first-order valence-electron chi connectivity index (χ1n) is 6.01. The van der Waals surface area contributed by atoms with Crippen LogP contribution in [0.25, 0.3) is 0 Å². The van der Waals surface area contributed by atoms with Crippen molar-refractivity contribution >= 4 is 21.8 Å². The number of halogens is 1. The van der Waals surface area contributed by atoms with E-state index in [-0.39, 0.29) is 11.9 Å². The van der Waals surface area contributed by atoms with Gasteiger partial charge in [-0.05, 0) is 32.1 Å². The molecule has 1 saturated carbocycles. The maximum absolute atomic E-state index is 11.7. The molecule has 15 heavy (non-hydrogen) atoms. The van der Waals surface area contributed by atoms with E-state index in [1.165, 1.54) is 25.7 Å². The highest BCUT2D eigenvalue weighted by molar-refractivity contribution is 9.09.